The first-order valence-corrected chi connectivity index (χ1v) is 10.3. The molecule has 0 radical (unpaired) electrons. The number of piperidine rings is 1. The van der Waals surface area contributed by atoms with Gasteiger partial charge in [0.1, 0.15) is 5.75 Å². The fourth-order valence-electron chi connectivity index (χ4n) is 4.38. The number of methoxy groups -OCH3 is 1. The Kier molecular flexibility index (Phi) is 5.85. The van der Waals surface area contributed by atoms with Crippen molar-refractivity contribution in [1.82, 2.24) is 14.8 Å². The summed E-state index contributed by atoms with van der Waals surface area (Å²) in [6.07, 6.45) is 3.64. The van der Waals surface area contributed by atoms with E-state index in [1.165, 1.54) is 12.3 Å². The summed E-state index contributed by atoms with van der Waals surface area (Å²) in [6, 6.07) is 11.6. The third-order valence-corrected chi connectivity index (χ3v) is 5.97. The Morgan fingerprint density at radius 3 is 2.59 bits per heavy atom. The number of rotatable bonds is 4. The number of hydrogen-bond donors (Lipinski definition) is 1. The highest BCUT2D eigenvalue weighted by atomic mass is 16.5. The molecular formula is C22H28N4O3. The van der Waals surface area contributed by atoms with Crippen LogP contribution in [0, 0.1) is 0 Å². The van der Waals surface area contributed by atoms with Crippen LogP contribution in [0.5, 0.6) is 5.75 Å². The number of aromatic amines is 1. The molecule has 0 saturated carbocycles. The fraction of sp³-hybridized carbons (Fsp3) is 0.455. The quantitative estimate of drug-likeness (QED) is 0.854. The van der Waals surface area contributed by atoms with Crippen LogP contribution in [0.15, 0.2) is 47.4 Å². The van der Waals surface area contributed by atoms with Crippen molar-refractivity contribution in [2.45, 2.75) is 18.9 Å². The molecule has 29 heavy (non-hydrogen) atoms. The lowest BCUT2D eigenvalue weighted by molar-refractivity contribution is 0.0563. The van der Waals surface area contributed by atoms with Crippen molar-refractivity contribution in [2.75, 3.05) is 51.3 Å². The standard InChI is InChI=1S/C22H28N4O3/c1-29-20-7-3-2-6-19(20)25-13-11-24(12-14-25)18-5-4-10-26(16-18)22(28)17-8-9-21(27)23-15-17/h2-3,6-9,15,18H,4-5,10-14,16H2,1H3,(H,23,27)/t18-/m0/s1. The molecule has 3 heterocycles. The number of amides is 1. The average Bonchev–Trinajstić information content (AvgIpc) is 2.79. The Morgan fingerprint density at radius 1 is 1.07 bits per heavy atom. The van der Waals surface area contributed by atoms with E-state index in [-0.39, 0.29) is 11.5 Å². The summed E-state index contributed by atoms with van der Waals surface area (Å²) in [5.74, 6) is 0.912. The van der Waals surface area contributed by atoms with Crippen molar-refractivity contribution in [3.8, 4) is 5.75 Å². The highest BCUT2D eigenvalue weighted by molar-refractivity contribution is 5.93. The fourth-order valence-corrected chi connectivity index (χ4v) is 4.38. The van der Waals surface area contributed by atoms with Crippen LogP contribution in [-0.2, 0) is 0 Å². The molecule has 2 fully saturated rings. The molecule has 0 unspecified atom stereocenters. The van der Waals surface area contributed by atoms with E-state index in [2.05, 4.69) is 20.9 Å². The highest BCUT2D eigenvalue weighted by Gasteiger charge is 2.30. The van der Waals surface area contributed by atoms with Gasteiger partial charge in [0.15, 0.2) is 0 Å². The monoisotopic (exact) mass is 396 g/mol. The van der Waals surface area contributed by atoms with Crippen molar-refractivity contribution >= 4 is 11.6 Å². The molecule has 1 aromatic carbocycles. The van der Waals surface area contributed by atoms with Crippen LogP contribution in [-0.4, -0.2) is 73.1 Å². The summed E-state index contributed by atoms with van der Waals surface area (Å²) in [4.78, 5) is 33.5. The smallest absolute Gasteiger partial charge is 0.255 e. The molecular weight excluding hydrogens is 368 g/mol. The molecule has 1 amide bonds. The molecule has 0 aliphatic carbocycles. The number of aromatic nitrogens is 1. The molecule has 1 N–H and O–H groups in total. The van der Waals surface area contributed by atoms with Gasteiger partial charge in [0, 0.05) is 57.6 Å². The van der Waals surface area contributed by atoms with Crippen molar-refractivity contribution in [1.29, 1.82) is 0 Å². The van der Waals surface area contributed by atoms with E-state index in [9.17, 15) is 9.59 Å². The van der Waals surface area contributed by atoms with Gasteiger partial charge in [0.25, 0.3) is 5.91 Å². The van der Waals surface area contributed by atoms with Crippen LogP contribution in [0.2, 0.25) is 0 Å². The number of likely N-dealkylation sites (tertiary alicyclic amines) is 1. The first-order valence-electron chi connectivity index (χ1n) is 10.3. The van der Waals surface area contributed by atoms with E-state index >= 15 is 0 Å². The molecule has 0 bridgehead atoms. The molecule has 154 valence electrons. The second kappa shape index (κ2) is 8.69. The molecule has 2 aromatic rings. The van der Waals surface area contributed by atoms with Crippen molar-refractivity contribution < 1.29 is 9.53 Å². The number of carbonyl (C=O) groups is 1. The zero-order valence-electron chi connectivity index (χ0n) is 16.8. The SMILES string of the molecule is COc1ccccc1N1CCN([C@H]2CCCN(C(=O)c3ccc(=O)[nH]c3)C2)CC1. The second-order valence-electron chi connectivity index (χ2n) is 7.68. The Morgan fingerprint density at radius 2 is 1.86 bits per heavy atom. The number of carbonyl (C=O) groups excluding carboxylic acids is 1. The molecule has 4 rings (SSSR count). The maximum Gasteiger partial charge on any atom is 0.255 e. The lowest BCUT2D eigenvalue weighted by Gasteiger charge is -2.44. The number of ether oxygens (including phenoxy) is 1. The Balaban J connectivity index is 1.36. The number of pyridine rings is 1. The van der Waals surface area contributed by atoms with E-state index in [0.717, 1.165) is 63.5 Å². The van der Waals surface area contributed by atoms with Crippen LogP contribution >= 0.6 is 0 Å². The van der Waals surface area contributed by atoms with Crippen LogP contribution in [0.4, 0.5) is 5.69 Å². The number of hydrogen-bond acceptors (Lipinski definition) is 5. The normalized spacial score (nSPS) is 20.5. The summed E-state index contributed by atoms with van der Waals surface area (Å²) < 4.78 is 5.51. The number of benzene rings is 1. The zero-order chi connectivity index (χ0) is 20.2. The number of para-hydroxylation sites is 2. The summed E-state index contributed by atoms with van der Waals surface area (Å²) >= 11 is 0. The Bertz CT molecular complexity index is 884. The molecule has 1 atom stereocenters. The van der Waals surface area contributed by atoms with E-state index in [1.54, 1.807) is 13.2 Å². The molecule has 7 nitrogen and oxygen atoms in total. The van der Waals surface area contributed by atoms with E-state index in [0.29, 0.717) is 11.6 Å². The maximum absolute atomic E-state index is 12.8. The predicted molar refractivity (Wildman–Crippen MR) is 113 cm³/mol. The largest absolute Gasteiger partial charge is 0.495 e. The van der Waals surface area contributed by atoms with Gasteiger partial charge in [-0.3, -0.25) is 14.5 Å². The Labute approximate surface area is 170 Å². The van der Waals surface area contributed by atoms with Crippen LogP contribution in [0.3, 0.4) is 0 Å². The van der Waals surface area contributed by atoms with E-state index in [4.69, 9.17) is 4.74 Å². The predicted octanol–water partition coefficient (Wildman–Crippen LogP) is 1.81. The highest BCUT2D eigenvalue weighted by Crippen LogP contribution is 2.29. The lowest BCUT2D eigenvalue weighted by Crippen LogP contribution is -2.56. The third kappa shape index (κ3) is 4.29. The van der Waals surface area contributed by atoms with E-state index < -0.39 is 0 Å². The first-order chi connectivity index (χ1) is 14.2. The van der Waals surface area contributed by atoms with Gasteiger partial charge >= 0.3 is 0 Å². The van der Waals surface area contributed by atoms with Gasteiger partial charge in [-0.05, 0) is 31.0 Å². The number of H-pyrrole nitrogens is 1. The Hall–Kier alpha value is -2.80. The van der Waals surface area contributed by atoms with Crippen molar-refractivity contribution in [2.24, 2.45) is 0 Å². The van der Waals surface area contributed by atoms with Gasteiger partial charge in [0.2, 0.25) is 5.56 Å². The summed E-state index contributed by atoms with van der Waals surface area (Å²) in [6.45, 7) is 5.37. The average molecular weight is 396 g/mol. The molecule has 2 saturated heterocycles. The van der Waals surface area contributed by atoms with Gasteiger partial charge < -0.3 is 19.5 Å². The molecule has 1 aromatic heterocycles. The summed E-state index contributed by atoms with van der Waals surface area (Å²) in [5, 5.41) is 0. The number of piperazine rings is 1. The number of nitrogens with one attached hydrogen (secondary N) is 1. The minimum atomic E-state index is -0.189. The molecule has 0 spiro atoms. The lowest BCUT2D eigenvalue weighted by atomic mass is 10.0. The first kappa shape index (κ1) is 19.5. The minimum absolute atomic E-state index is 0.00129. The summed E-state index contributed by atoms with van der Waals surface area (Å²) in [5.41, 5.74) is 1.50. The van der Waals surface area contributed by atoms with Gasteiger partial charge in [0.05, 0.1) is 18.4 Å². The van der Waals surface area contributed by atoms with E-state index in [1.807, 2.05) is 23.1 Å². The van der Waals surface area contributed by atoms with Crippen molar-refractivity contribution in [3.63, 3.8) is 0 Å². The van der Waals surface area contributed by atoms with Gasteiger partial charge in [-0.15, -0.1) is 0 Å². The topological polar surface area (TPSA) is 68.9 Å². The third-order valence-electron chi connectivity index (χ3n) is 5.97. The summed E-state index contributed by atoms with van der Waals surface area (Å²) in [7, 11) is 1.71. The molecule has 7 heteroatoms. The maximum atomic E-state index is 12.8. The molecule has 2 aliphatic rings. The number of nitrogens with zero attached hydrogens (tertiary/aromatic N) is 3. The van der Waals surface area contributed by atoms with Gasteiger partial charge in [-0.2, -0.15) is 0 Å². The molecule has 2 aliphatic heterocycles. The van der Waals surface area contributed by atoms with Gasteiger partial charge in [-0.25, -0.2) is 0 Å². The van der Waals surface area contributed by atoms with Crippen LogP contribution < -0.4 is 15.2 Å². The van der Waals surface area contributed by atoms with Gasteiger partial charge in [-0.1, -0.05) is 12.1 Å². The minimum Gasteiger partial charge on any atom is -0.495 e. The zero-order valence-corrected chi connectivity index (χ0v) is 16.8. The second-order valence-corrected chi connectivity index (χ2v) is 7.68. The van der Waals surface area contributed by atoms with Crippen LogP contribution in [0.25, 0.3) is 0 Å². The van der Waals surface area contributed by atoms with Crippen molar-refractivity contribution in [3.05, 3.63) is 58.5 Å². The van der Waals surface area contributed by atoms with Crippen LogP contribution in [0.1, 0.15) is 23.2 Å². The number of anilines is 1.